The number of benzene rings is 1. The van der Waals surface area contributed by atoms with Crippen LogP contribution < -0.4 is 4.90 Å². The maximum Gasteiger partial charge on any atom is 0.0668 e. The number of rotatable bonds is 4. The van der Waals surface area contributed by atoms with Crippen molar-refractivity contribution in [3.63, 3.8) is 0 Å². The van der Waals surface area contributed by atoms with E-state index in [1.165, 1.54) is 95.3 Å². The SMILES string of the molecule is Cc1cccc(N2CCC3(CCN(CCC4CCCCC4)C3)C2)c1Cl. The van der Waals surface area contributed by atoms with Crippen LogP contribution in [0.5, 0.6) is 0 Å². The molecule has 1 aromatic rings. The predicted molar refractivity (Wildman–Crippen MR) is 108 cm³/mol. The first kappa shape index (κ1) is 17.7. The van der Waals surface area contributed by atoms with Gasteiger partial charge in [-0.2, -0.15) is 0 Å². The fourth-order valence-electron chi connectivity index (χ4n) is 5.41. The zero-order chi connectivity index (χ0) is 17.3. The van der Waals surface area contributed by atoms with Crippen molar-refractivity contribution >= 4 is 17.3 Å². The van der Waals surface area contributed by atoms with Gasteiger partial charge in [0.15, 0.2) is 0 Å². The largest absolute Gasteiger partial charge is 0.370 e. The Kier molecular flexibility index (Phi) is 5.29. The average Bonchev–Trinajstić information content (AvgIpc) is 3.23. The molecular weight excluding hydrogens is 328 g/mol. The van der Waals surface area contributed by atoms with Crippen LogP contribution in [0.15, 0.2) is 18.2 Å². The Bertz CT molecular complexity index is 596. The first-order valence-corrected chi connectivity index (χ1v) is 10.8. The van der Waals surface area contributed by atoms with Crippen molar-refractivity contribution in [2.75, 3.05) is 37.6 Å². The highest BCUT2D eigenvalue weighted by molar-refractivity contribution is 6.34. The fourth-order valence-corrected chi connectivity index (χ4v) is 5.66. The average molecular weight is 361 g/mol. The molecule has 1 aliphatic carbocycles. The van der Waals surface area contributed by atoms with Crippen molar-refractivity contribution in [2.24, 2.45) is 11.3 Å². The summed E-state index contributed by atoms with van der Waals surface area (Å²) in [5.41, 5.74) is 2.96. The number of halogens is 1. The van der Waals surface area contributed by atoms with Crippen LogP contribution in [-0.4, -0.2) is 37.6 Å². The Morgan fingerprint density at radius 2 is 1.88 bits per heavy atom. The maximum absolute atomic E-state index is 6.58. The standard InChI is InChI=1S/C22H33ClN2/c1-18-6-5-9-20(21(18)23)25-15-12-22(17-25)11-14-24(16-22)13-10-19-7-3-2-4-8-19/h5-6,9,19H,2-4,7-8,10-17H2,1H3. The Morgan fingerprint density at radius 3 is 2.72 bits per heavy atom. The minimum Gasteiger partial charge on any atom is -0.370 e. The van der Waals surface area contributed by atoms with Crippen LogP contribution in [0, 0.1) is 18.3 Å². The van der Waals surface area contributed by atoms with E-state index in [1.807, 2.05) is 0 Å². The molecule has 3 fully saturated rings. The van der Waals surface area contributed by atoms with E-state index in [1.54, 1.807) is 0 Å². The van der Waals surface area contributed by atoms with Gasteiger partial charge in [0.2, 0.25) is 0 Å². The smallest absolute Gasteiger partial charge is 0.0668 e. The highest BCUT2D eigenvalue weighted by Gasteiger charge is 2.43. The third-order valence-electron chi connectivity index (χ3n) is 7.05. The molecule has 0 radical (unpaired) electrons. The predicted octanol–water partition coefficient (Wildman–Crippen LogP) is 5.52. The van der Waals surface area contributed by atoms with Gasteiger partial charge in [-0.3, -0.25) is 0 Å². The van der Waals surface area contributed by atoms with E-state index in [-0.39, 0.29) is 0 Å². The van der Waals surface area contributed by atoms with Gasteiger partial charge < -0.3 is 9.80 Å². The third-order valence-corrected chi connectivity index (χ3v) is 7.54. The molecule has 138 valence electrons. The van der Waals surface area contributed by atoms with Crippen LogP contribution in [0.1, 0.15) is 56.9 Å². The maximum atomic E-state index is 6.58. The number of hydrogen-bond acceptors (Lipinski definition) is 2. The van der Waals surface area contributed by atoms with Gasteiger partial charge in [-0.05, 0) is 56.8 Å². The number of hydrogen-bond donors (Lipinski definition) is 0. The second-order valence-corrected chi connectivity index (χ2v) is 9.28. The van der Waals surface area contributed by atoms with E-state index in [0.717, 1.165) is 10.9 Å². The molecule has 1 spiro atoms. The van der Waals surface area contributed by atoms with E-state index in [9.17, 15) is 0 Å². The molecule has 2 aliphatic heterocycles. The molecule has 3 heteroatoms. The molecule has 2 nitrogen and oxygen atoms in total. The highest BCUT2D eigenvalue weighted by atomic mass is 35.5. The van der Waals surface area contributed by atoms with Crippen molar-refractivity contribution < 1.29 is 0 Å². The molecule has 0 amide bonds. The van der Waals surface area contributed by atoms with Crippen LogP contribution in [0.2, 0.25) is 5.02 Å². The lowest BCUT2D eigenvalue weighted by Gasteiger charge is -2.27. The third kappa shape index (κ3) is 3.85. The van der Waals surface area contributed by atoms with Gasteiger partial charge in [-0.15, -0.1) is 0 Å². The van der Waals surface area contributed by atoms with Crippen LogP contribution in [0.3, 0.4) is 0 Å². The normalized spacial score (nSPS) is 28.3. The van der Waals surface area contributed by atoms with Crippen molar-refractivity contribution in [1.82, 2.24) is 4.90 Å². The second-order valence-electron chi connectivity index (χ2n) is 8.90. The van der Waals surface area contributed by atoms with Crippen molar-refractivity contribution in [3.05, 3.63) is 28.8 Å². The number of anilines is 1. The van der Waals surface area contributed by atoms with E-state index in [4.69, 9.17) is 11.6 Å². The van der Waals surface area contributed by atoms with Gasteiger partial charge in [0.05, 0.1) is 10.7 Å². The molecule has 1 saturated carbocycles. The molecule has 4 rings (SSSR count). The lowest BCUT2D eigenvalue weighted by molar-refractivity contribution is 0.240. The van der Waals surface area contributed by atoms with Crippen LogP contribution in [0.25, 0.3) is 0 Å². The molecule has 25 heavy (non-hydrogen) atoms. The first-order chi connectivity index (χ1) is 12.2. The molecule has 0 bridgehead atoms. The lowest BCUT2D eigenvalue weighted by atomic mass is 9.86. The quantitative estimate of drug-likeness (QED) is 0.697. The number of likely N-dealkylation sites (tertiary alicyclic amines) is 1. The van der Waals surface area contributed by atoms with Crippen molar-refractivity contribution in [2.45, 2.75) is 58.3 Å². The summed E-state index contributed by atoms with van der Waals surface area (Å²) >= 11 is 6.58. The number of nitrogens with zero attached hydrogens (tertiary/aromatic N) is 2. The summed E-state index contributed by atoms with van der Waals surface area (Å²) in [6, 6.07) is 6.46. The first-order valence-electron chi connectivity index (χ1n) is 10.4. The molecule has 1 unspecified atom stereocenters. The summed E-state index contributed by atoms with van der Waals surface area (Å²) in [6.07, 6.45) is 11.5. The Balaban J connectivity index is 1.32. The van der Waals surface area contributed by atoms with Gasteiger partial charge in [0.25, 0.3) is 0 Å². The van der Waals surface area contributed by atoms with Crippen molar-refractivity contribution in [3.8, 4) is 0 Å². The van der Waals surface area contributed by atoms with Crippen molar-refractivity contribution in [1.29, 1.82) is 0 Å². The van der Waals surface area contributed by atoms with Gasteiger partial charge >= 0.3 is 0 Å². The number of aryl methyl sites for hydroxylation is 1. The van der Waals surface area contributed by atoms with E-state index in [2.05, 4.69) is 34.9 Å². The molecule has 2 heterocycles. The summed E-state index contributed by atoms with van der Waals surface area (Å²) in [4.78, 5) is 5.30. The molecule has 3 aliphatic rings. The summed E-state index contributed by atoms with van der Waals surface area (Å²) in [7, 11) is 0. The van der Waals surface area contributed by atoms with E-state index < -0.39 is 0 Å². The molecule has 2 saturated heterocycles. The van der Waals surface area contributed by atoms with E-state index >= 15 is 0 Å². The summed E-state index contributed by atoms with van der Waals surface area (Å²) in [5, 5.41) is 0.951. The molecular formula is C22H33ClN2. The summed E-state index contributed by atoms with van der Waals surface area (Å²) < 4.78 is 0. The van der Waals surface area contributed by atoms with Crippen LogP contribution >= 0.6 is 11.6 Å². The second kappa shape index (κ2) is 7.48. The minimum atomic E-state index is 0.514. The Labute approximate surface area is 158 Å². The minimum absolute atomic E-state index is 0.514. The topological polar surface area (TPSA) is 6.48 Å². The van der Waals surface area contributed by atoms with Gasteiger partial charge in [-0.25, -0.2) is 0 Å². The molecule has 0 aromatic heterocycles. The lowest BCUT2D eigenvalue weighted by Crippen LogP contribution is -2.32. The molecule has 1 atom stereocenters. The fraction of sp³-hybridized carbons (Fsp3) is 0.727. The van der Waals surface area contributed by atoms with E-state index in [0.29, 0.717) is 5.41 Å². The van der Waals surface area contributed by atoms with Crippen LogP contribution in [-0.2, 0) is 0 Å². The monoisotopic (exact) mass is 360 g/mol. The summed E-state index contributed by atoms with van der Waals surface area (Å²) in [6.45, 7) is 8.41. The van der Waals surface area contributed by atoms with Crippen LogP contribution in [0.4, 0.5) is 5.69 Å². The Morgan fingerprint density at radius 1 is 1.08 bits per heavy atom. The molecule has 1 aromatic carbocycles. The zero-order valence-corrected chi connectivity index (χ0v) is 16.5. The van der Waals surface area contributed by atoms with Gasteiger partial charge in [-0.1, -0.05) is 55.8 Å². The highest BCUT2D eigenvalue weighted by Crippen LogP contribution is 2.43. The summed E-state index contributed by atoms with van der Waals surface area (Å²) in [5.74, 6) is 1.01. The van der Waals surface area contributed by atoms with Gasteiger partial charge in [0.1, 0.15) is 0 Å². The Hall–Kier alpha value is -0.730. The van der Waals surface area contributed by atoms with Gasteiger partial charge in [0, 0.05) is 25.0 Å². The molecule has 0 N–H and O–H groups in total. The zero-order valence-electron chi connectivity index (χ0n) is 15.8.